The number of anilines is 2. The van der Waals surface area contributed by atoms with Crippen LogP contribution >= 0.6 is 11.3 Å². The molecule has 33 heavy (non-hydrogen) atoms. The molecule has 0 fully saturated rings. The van der Waals surface area contributed by atoms with Crippen molar-refractivity contribution in [2.75, 3.05) is 4.90 Å². The number of benzene rings is 2. The Bertz CT molecular complexity index is 1200. The minimum atomic E-state index is -0.459. The topological polar surface area (TPSA) is 76.6 Å². The van der Waals surface area contributed by atoms with E-state index in [0.717, 1.165) is 27.9 Å². The van der Waals surface area contributed by atoms with Crippen LogP contribution in [0.15, 0.2) is 41.8 Å². The lowest BCUT2D eigenvalue weighted by molar-refractivity contribution is -0.145. The molecule has 0 N–H and O–H groups in total. The van der Waals surface area contributed by atoms with Gasteiger partial charge in [0, 0.05) is 24.3 Å². The van der Waals surface area contributed by atoms with Gasteiger partial charge >= 0.3 is 5.97 Å². The smallest absolute Gasteiger partial charge is 0.306 e. The Morgan fingerprint density at radius 3 is 2.36 bits per heavy atom. The van der Waals surface area contributed by atoms with Crippen molar-refractivity contribution in [1.29, 1.82) is 0 Å². The maximum Gasteiger partial charge on any atom is 0.306 e. The Morgan fingerprint density at radius 1 is 0.939 bits per heavy atom. The molecule has 0 spiro atoms. The van der Waals surface area contributed by atoms with Crippen LogP contribution in [0.5, 0.6) is 0 Å². The first-order valence-electron chi connectivity index (χ1n) is 10.7. The van der Waals surface area contributed by atoms with E-state index < -0.39 is 5.97 Å². The molecule has 0 radical (unpaired) electrons. The average Bonchev–Trinajstić information content (AvgIpc) is 3.22. The third-order valence-electron chi connectivity index (χ3n) is 5.41. The van der Waals surface area contributed by atoms with Crippen LogP contribution in [-0.2, 0) is 20.9 Å². The van der Waals surface area contributed by atoms with E-state index in [2.05, 4.69) is 4.98 Å². The van der Waals surface area contributed by atoms with Gasteiger partial charge in [0.2, 0.25) is 5.91 Å². The summed E-state index contributed by atoms with van der Waals surface area (Å²) in [6.07, 6.45) is 0.0966. The van der Waals surface area contributed by atoms with Crippen molar-refractivity contribution in [2.45, 2.75) is 54.1 Å². The maximum absolute atomic E-state index is 12.4. The maximum atomic E-state index is 12.4. The second kappa shape index (κ2) is 10.5. The van der Waals surface area contributed by atoms with Crippen LogP contribution in [0, 0.1) is 27.7 Å². The number of amides is 1. The van der Waals surface area contributed by atoms with Crippen molar-refractivity contribution < 1.29 is 19.1 Å². The molecule has 1 amide bonds. The third-order valence-corrected chi connectivity index (χ3v) is 6.28. The molecule has 0 bridgehead atoms. The molecule has 3 rings (SSSR count). The first kappa shape index (κ1) is 24.3. The van der Waals surface area contributed by atoms with E-state index in [1.54, 1.807) is 16.3 Å². The minimum Gasteiger partial charge on any atom is -0.459 e. The van der Waals surface area contributed by atoms with Gasteiger partial charge in [0.05, 0.1) is 17.8 Å². The quantitative estimate of drug-likeness (QED) is 0.313. The summed E-state index contributed by atoms with van der Waals surface area (Å²) in [5.41, 5.74) is 6.18. The SMILES string of the molecule is CC(=O)N(c1nc(COC(=O)CCC(=O)c2ccc(C)c(C)c2)cs1)c1ccc(C)cc1C. The molecule has 0 aliphatic rings. The number of hydrogen-bond donors (Lipinski definition) is 0. The molecule has 3 aromatic rings. The van der Waals surface area contributed by atoms with E-state index in [0.29, 0.717) is 16.4 Å². The van der Waals surface area contributed by atoms with Gasteiger partial charge in [-0.05, 0) is 56.5 Å². The number of rotatable bonds is 8. The summed E-state index contributed by atoms with van der Waals surface area (Å²) >= 11 is 1.31. The molecule has 1 aromatic heterocycles. The lowest BCUT2D eigenvalue weighted by Crippen LogP contribution is -2.23. The molecule has 6 nitrogen and oxygen atoms in total. The minimum absolute atomic E-state index is 0.00484. The summed E-state index contributed by atoms with van der Waals surface area (Å²) in [5.74, 6) is -0.694. The standard InChI is InChI=1S/C26H28N2O4S/c1-16-6-9-23(19(4)12-16)28(20(5)29)26-27-22(15-33-26)14-32-25(31)11-10-24(30)21-8-7-17(2)18(3)13-21/h6-9,12-13,15H,10-11,14H2,1-5H3. The fourth-order valence-electron chi connectivity index (χ4n) is 3.43. The summed E-state index contributed by atoms with van der Waals surface area (Å²) in [6, 6.07) is 11.4. The van der Waals surface area contributed by atoms with Crippen LogP contribution in [0.4, 0.5) is 10.8 Å². The van der Waals surface area contributed by atoms with Crippen LogP contribution in [0.3, 0.4) is 0 Å². The third kappa shape index (κ3) is 6.14. The van der Waals surface area contributed by atoms with Gasteiger partial charge in [0.15, 0.2) is 10.9 Å². The lowest BCUT2D eigenvalue weighted by Gasteiger charge is -2.20. The van der Waals surface area contributed by atoms with Crippen molar-refractivity contribution in [3.63, 3.8) is 0 Å². The highest BCUT2D eigenvalue weighted by atomic mass is 32.1. The van der Waals surface area contributed by atoms with Crippen LogP contribution < -0.4 is 4.90 Å². The Hall–Kier alpha value is -3.32. The van der Waals surface area contributed by atoms with Crippen molar-refractivity contribution >= 4 is 39.8 Å². The second-order valence-corrected chi connectivity index (χ2v) is 8.99. The van der Waals surface area contributed by atoms with Gasteiger partial charge in [-0.1, -0.05) is 29.8 Å². The van der Waals surface area contributed by atoms with Gasteiger partial charge in [0.1, 0.15) is 6.61 Å². The number of ketones is 1. The summed E-state index contributed by atoms with van der Waals surface area (Å²) < 4.78 is 5.31. The zero-order chi connectivity index (χ0) is 24.1. The molecule has 0 saturated carbocycles. The van der Waals surface area contributed by atoms with Crippen LogP contribution in [-0.4, -0.2) is 22.6 Å². The predicted octanol–water partition coefficient (Wildman–Crippen LogP) is 5.77. The van der Waals surface area contributed by atoms with Crippen LogP contribution in [0.1, 0.15) is 58.1 Å². The second-order valence-electron chi connectivity index (χ2n) is 8.15. The number of carbonyl (C=O) groups is 3. The number of ether oxygens (including phenoxy) is 1. The Labute approximate surface area is 198 Å². The summed E-state index contributed by atoms with van der Waals surface area (Å²) in [4.78, 5) is 42.9. The number of nitrogens with zero attached hydrogens (tertiary/aromatic N) is 2. The first-order chi connectivity index (χ1) is 15.7. The lowest BCUT2D eigenvalue weighted by atomic mass is 10.0. The van der Waals surface area contributed by atoms with E-state index in [9.17, 15) is 14.4 Å². The zero-order valence-corrected chi connectivity index (χ0v) is 20.4. The summed E-state index contributed by atoms with van der Waals surface area (Å²) in [6.45, 7) is 9.38. The van der Waals surface area contributed by atoms with Crippen LogP contribution in [0.25, 0.3) is 0 Å². The molecule has 172 valence electrons. The van der Waals surface area contributed by atoms with Crippen molar-refractivity contribution in [3.05, 3.63) is 75.3 Å². The highest BCUT2D eigenvalue weighted by Gasteiger charge is 2.20. The summed E-state index contributed by atoms with van der Waals surface area (Å²) in [7, 11) is 0. The van der Waals surface area contributed by atoms with Gasteiger partial charge in [-0.15, -0.1) is 11.3 Å². The molecule has 0 unspecified atom stereocenters. The molecule has 1 heterocycles. The molecule has 2 aromatic carbocycles. The van der Waals surface area contributed by atoms with Crippen LogP contribution in [0.2, 0.25) is 0 Å². The van der Waals surface area contributed by atoms with E-state index in [4.69, 9.17) is 4.74 Å². The van der Waals surface area contributed by atoms with E-state index in [1.165, 1.54) is 18.3 Å². The fraction of sp³-hybridized carbons (Fsp3) is 0.308. The highest BCUT2D eigenvalue weighted by Crippen LogP contribution is 2.31. The van der Waals surface area contributed by atoms with Gasteiger partial charge in [0.25, 0.3) is 0 Å². The number of Topliss-reactive ketones (excluding diaryl/α,β-unsaturated/α-hetero) is 1. The van der Waals surface area contributed by atoms with Gasteiger partial charge in [-0.3, -0.25) is 19.3 Å². The van der Waals surface area contributed by atoms with E-state index in [-0.39, 0.29) is 31.1 Å². The number of esters is 1. The number of hydrogen-bond acceptors (Lipinski definition) is 6. The molecule has 0 aliphatic carbocycles. The summed E-state index contributed by atoms with van der Waals surface area (Å²) in [5, 5.41) is 2.29. The zero-order valence-electron chi connectivity index (χ0n) is 19.6. The van der Waals surface area contributed by atoms with E-state index in [1.807, 2.05) is 58.0 Å². The monoisotopic (exact) mass is 464 g/mol. The van der Waals surface area contributed by atoms with Gasteiger partial charge in [-0.2, -0.15) is 0 Å². The number of aromatic nitrogens is 1. The predicted molar refractivity (Wildman–Crippen MR) is 130 cm³/mol. The normalized spacial score (nSPS) is 10.7. The highest BCUT2D eigenvalue weighted by molar-refractivity contribution is 7.14. The average molecular weight is 465 g/mol. The van der Waals surface area contributed by atoms with Gasteiger partial charge in [-0.25, -0.2) is 4.98 Å². The first-order valence-corrected chi connectivity index (χ1v) is 11.6. The van der Waals surface area contributed by atoms with E-state index >= 15 is 0 Å². The number of aryl methyl sites for hydroxylation is 4. The Balaban J connectivity index is 1.58. The Kier molecular flexibility index (Phi) is 7.76. The number of thiazole rings is 1. The Morgan fingerprint density at radius 2 is 1.70 bits per heavy atom. The van der Waals surface area contributed by atoms with Crippen molar-refractivity contribution in [2.24, 2.45) is 0 Å². The largest absolute Gasteiger partial charge is 0.459 e. The number of carbonyl (C=O) groups excluding carboxylic acids is 3. The van der Waals surface area contributed by atoms with Crippen molar-refractivity contribution in [1.82, 2.24) is 4.98 Å². The van der Waals surface area contributed by atoms with Crippen molar-refractivity contribution in [3.8, 4) is 0 Å². The molecule has 0 aliphatic heterocycles. The fourth-order valence-corrected chi connectivity index (χ4v) is 4.29. The molecule has 0 saturated heterocycles. The molecular formula is C26H28N2O4S. The molecule has 0 atom stereocenters. The van der Waals surface area contributed by atoms with Gasteiger partial charge < -0.3 is 4.74 Å². The molecule has 7 heteroatoms. The molecular weight excluding hydrogens is 436 g/mol.